The van der Waals surface area contributed by atoms with Gasteiger partial charge in [-0.25, -0.2) is 4.98 Å². The van der Waals surface area contributed by atoms with Crippen LogP contribution in [0.15, 0.2) is 54.6 Å². The number of carbonyl (C=O) groups excluding carboxylic acids is 1. The molecule has 2 aliphatic rings. The van der Waals surface area contributed by atoms with Crippen LogP contribution >= 0.6 is 0 Å². The van der Waals surface area contributed by atoms with Crippen LogP contribution < -0.4 is 15.5 Å². The van der Waals surface area contributed by atoms with Crippen molar-refractivity contribution in [1.29, 1.82) is 0 Å². The number of halogens is 3. The number of benzene rings is 2. The maximum absolute atomic E-state index is 13.4. The highest BCUT2D eigenvalue weighted by molar-refractivity contribution is 5.95. The predicted octanol–water partition coefficient (Wildman–Crippen LogP) is 6.01. The van der Waals surface area contributed by atoms with Crippen molar-refractivity contribution in [2.75, 3.05) is 23.3 Å². The Kier molecular flexibility index (Phi) is 6.54. The van der Waals surface area contributed by atoms with Crippen molar-refractivity contribution >= 4 is 28.2 Å². The minimum atomic E-state index is -4.50. The summed E-state index contributed by atoms with van der Waals surface area (Å²) in [7, 11) is 0. The van der Waals surface area contributed by atoms with Crippen LogP contribution in [-0.2, 0) is 6.18 Å². The van der Waals surface area contributed by atoms with Crippen molar-refractivity contribution in [1.82, 2.24) is 10.3 Å². The highest BCUT2D eigenvalue weighted by Gasteiger charge is 2.34. The topological polar surface area (TPSA) is 57.3 Å². The molecule has 0 radical (unpaired) electrons. The van der Waals surface area contributed by atoms with Gasteiger partial charge in [-0.2, -0.15) is 13.2 Å². The molecule has 2 fully saturated rings. The van der Waals surface area contributed by atoms with Gasteiger partial charge in [0.1, 0.15) is 5.69 Å². The smallest absolute Gasteiger partial charge is 0.382 e. The first-order valence-corrected chi connectivity index (χ1v) is 12.3. The van der Waals surface area contributed by atoms with Gasteiger partial charge in [0.05, 0.1) is 5.52 Å². The molecule has 0 unspecified atom stereocenters. The summed E-state index contributed by atoms with van der Waals surface area (Å²) in [5.41, 5.74) is 1.68. The monoisotopic (exact) mass is 482 g/mol. The fourth-order valence-corrected chi connectivity index (χ4v) is 5.11. The summed E-state index contributed by atoms with van der Waals surface area (Å²) in [6.07, 6.45) is 0.971. The molecule has 5 nitrogen and oxygen atoms in total. The average molecular weight is 483 g/mol. The largest absolute Gasteiger partial charge is 0.433 e. The molecule has 35 heavy (non-hydrogen) atoms. The standard InChI is InChI=1S/C27H29F3N4O/c28-27(29,30)25-17-24(22-5-1-2-6-23(22)33-25)31-19-9-11-20(12-10-19)32-26(35)18-7-13-21(14-8-18)34-15-3-4-16-34/h1-2,5-8,13-14,17,19-20H,3-4,9-12,15-16H2,(H,31,33)(H,32,35). The van der Waals surface area contributed by atoms with Gasteiger partial charge in [-0.3, -0.25) is 4.79 Å². The third-order valence-electron chi connectivity index (χ3n) is 7.03. The number of nitrogens with one attached hydrogen (secondary N) is 2. The Bertz CT molecular complexity index is 1180. The molecule has 2 N–H and O–H groups in total. The Morgan fingerprint density at radius 3 is 2.26 bits per heavy atom. The van der Waals surface area contributed by atoms with Crippen LogP contribution in [0.2, 0.25) is 0 Å². The third-order valence-corrected chi connectivity index (χ3v) is 7.03. The molecular formula is C27H29F3N4O. The van der Waals surface area contributed by atoms with E-state index in [1.165, 1.54) is 12.8 Å². The van der Waals surface area contributed by atoms with E-state index < -0.39 is 11.9 Å². The van der Waals surface area contributed by atoms with Crippen molar-refractivity contribution in [2.24, 2.45) is 0 Å². The number of alkyl halides is 3. The number of carbonyl (C=O) groups is 1. The molecule has 1 amide bonds. The average Bonchev–Trinajstić information content (AvgIpc) is 3.40. The van der Waals surface area contributed by atoms with Gasteiger partial charge >= 0.3 is 6.18 Å². The lowest BCUT2D eigenvalue weighted by molar-refractivity contribution is -0.140. The molecule has 184 valence electrons. The maximum Gasteiger partial charge on any atom is 0.433 e. The van der Waals surface area contributed by atoms with Gasteiger partial charge in [0.2, 0.25) is 0 Å². The van der Waals surface area contributed by atoms with Crippen LogP contribution in [0.4, 0.5) is 24.5 Å². The highest BCUT2D eigenvalue weighted by atomic mass is 19.4. The highest BCUT2D eigenvalue weighted by Crippen LogP contribution is 2.34. The van der Waals surface area contributed by atoms with E-state index in [1.54, 1.807) is 24.3 Å². The minimum absolute atomic E-state index is 0.0368. The van der Waals surface area contributed by atoms with E-state index in [2.05, 4.69) is 20.5 Å². The fourth-order valence-electron chi connectivity index (χ4n) is 5.11. The van der Waals surface area contributed by atoms with Crippen molar-refractivity contribution in [3.05, 3.63) is 65.9 Å². The summed E-state index contributed by atoms with van der Waals surface area (Å²) < 4.78 is 40.1. The zero-order valence-corrected chi connectivity index (χ0v) is 19.4. The summed E-state index contributed by atoms with van der Waals surface area (Å²) >= 11 is 0. The lowest BCUT2D eigenvalue weighted by Crippen LogP contribution is -2.40. The minimum Gasteiger partial charge on any atom is -0.382 e. The Hall–Kier alpha value is -3.29. The van der Waals surface area contributed by atoms with Crippen LogP contribution in [0.3, 0.4) is 0 Å². The lowest BCUT2D eigenvalue weighted by Gasteiger charge is -2.31. The number of amides is 1. The second kappa shape index (κ2) is 9.76. The Morgan fingerprint density at radius 2 is 1.57 bits per heavy atom. The summed E-state index contributed by atoms with van der Waals surface area (Å²) in [5.74, 6) is -0.0793. The van der Waals surface area contributed by atoms with Crippen molar-refractivity contribution < 1.29 is 18.0 Å². The lowest BCUT2D eigenvalue weighted by atomic mass is 9.90. The first-order chi connectivity index (χ1) is 16.9. The van der Waals surface area contributed by atoms with Crippen molar-refractivity contribution in [3.8, 4) is 0 Å². The summed E-state index contributed by atoms with van der Waals surface area (Å²) in [4.78, 5) is 18.9. The number of aromatic nitrogens is 1. The Morgan fingerprint density at radius 1 is 0.914 bits per heavy atom. The van der Waals surface area contributed by atoms with Gasteiger partial charge in [0.15, 0.2) is 0 Å². The summed E-state index contributed by atoms with van der Waals surface area (Å²) in [6.45, 7) is 2.13. The first kappa shape index (κ1) is 23.5. The van der Waals surface area contributed by atoms with Gasteiger partial charge < -0.3 is 15.5 Å². The fraction of sp³-hybridized carbons (Fsp3) is 0.407. The van der Waals surface area contributed by atoms with Crippen LogP contribution in [0.5, 0.6) is 0 Å². The molecule has 2 aromatic carbocycles. The number of hydrogen-bond acceptors (Lipinski definition) is 4. The molecule has 0 bridgehead atoms. The number of anilines is 2. The quantitative estimate of drug-likeness (QED) is 0.468. The Balaban J connectivity index is 1.19. The molecule has 1 aliphatic heterocycles. The van der Waals surface area contributed by atoms with Gasteiger partial charge in [-0.15, -0.1) is 0 Å². The van der Waals surface area contributed by atoms with Gasteiger partial charge in [-0.05, 0) is 74.9 Å². The molecule has 0 spiro atoms. The second-order valence-corrected chi connectivity index (χ2v) is 9.48. The number of fused-ring (bicyclic) bond motifs is 1. The molecule has 0 atom stereocenters. The van der Waals surface area contributed by atoms with Crippen LogP contribution in [0.25, 0.3) is 10.9 Å². The van der Waals surface area contributed by atoms with E-state index in [1.807, 2.05) is 24.3 Å². The van der Waals surface area contributed by atoms with E-state index in [0.717, 1.165) is 50.5 Å². The normalized spacial score (nSPS) is 20.7. The predicted molar refractivity (Wildman–Crippen MR) is 132 cm³/mol. The third kappa shape index (κ3) is 5.36. The zero-order valence-electron chi connectivity index (χ0n) is 19.4. The van der Waals surface area contributed by atoms with E-state index in [4.69, 9.17) is 0 Å². The zero-order chi connectivity index (χ0) is 24.4. The number of hydrogen-bond donors (Lipinski definition) is 2. The number of para-hydroxylation sites is 1. The molecule has 8 heteroatoms. The Labute approximate surface area is 202 Å². The molecule has 1 saturated carbocycles. The van der Waals surface area contributed by atoms with Crippen LogP contribution in [0.1, 0.15) is 54.6 Å². The SMILES string of the molecule is O=C(NC1CCC(Nc2cc(C(F)(F)F)nc3ccccc23)CC1)c1ccc(N2CCCC2)cc1. The molecule has 1 aromatic heterocycles. The molecule has 3 aromatic rings. The van der Waals surface area contributed by atoms with Crippen LogP contribution in [0, 0.1) is 0 Å². The molecular weight excluding hydrogens is 453 g/mol. The number of rotatable bonds is 5. The van der Waals surface area contributed by atoms with E-state index in [9.17, 15) is 18.0 Å². The summed E-state index contributed by atoms with van der Waals surface area (Å²) in [6, 6.07) is 15.8. The van der Waals surface area contributed by atoms with Crippen LogP contribution in [-0.4, -0.2) is 36.1 Å². The second-order valence-electron chi connectivity index (χ2n) is 9.48. The number of nitrogens with zero attached hydrogens (tertiary/aromatic N) is 2. The van der Waals surface area contributed by atoms with Gasteiger partial charge in [0.25, 0.3) is 5.91 Å². The maximum atomic E-state index is 13.4. The number of pyridine rings is 1. The molecule has 2 heterocycles. The van der Waals surface area contributed by atoms with E-state index in [-0.39, 0.29) is 18.0 Å². The van der Waals surface area contributed by atoms with Gasteiger partial charge in [-0.1, -0.05) is 18.2 Å². The van der Waals surface area contributed by atoms with E-state index >= 15 is 0 Å². The first-order valence-electron chi connectivity index (χ1n) is 12.3. The van der Waals surface area contributed by atoms with Crippen molar-refractivity contribution in [2.45, 2.75) is 56.8 Å². The molecule has 1 aliphatic carbocycles. The van der Waals surface area contributed by atoms with Crippen molar-refractivity contribution in [3.63, 3.8) is 0 Å². The van der Waals surface area contributed by atoms with E-state index in [0.29, 0.717) is 22.2 Å². The summed E-state index contributed by atoms with van der Waals surface area (Å²) in [5, 5.41) is 7.12. The molecule has 5 rings (SSSR count). The molecule has 1 saturated heterocycles. The van der Waals surface area contributed by atoms with Gasteiger partial charge in [0, 0.05) is 47.5 Å².